The smallest absolute Gasteiger partial charge is 0.306 e. The number of carbonyl (C=O) groups excluding carboxylic acids is 2. The fourth-order valence-corrected chi connectivity index (χ4v) is 3.25. The number of amides is 1. The van der Waals surface area contributed by atoms with Gasteiger partial charge in [0.2, 0.25) is 5.76 Å². The van der Waals surface area contributed by atoms with Crippen LogP contribution in [0, 0.1) is 0 Å². The molecule has 0 aliphatic heterocycles. The zero-order valence-electron chi connectivity index (χ0n) is 17.6. The molecule has 2 N–H and O–H groups in total. The van der Waals surface area contributed by atoms with Crippen molar-refractivity contribution in [1.82, 2.24) is 5.16 Å². The molecule has 0 radical (unpaired) electrons. The van der Waals surface area contributed by atoms with Gasteiger partial charge in [-0.3, -0.25) is 9.59 Å². The van der Waals surface area contributed by atoms with Gasteiger partial charge in [-0.25, -0.2) is 0 Å². The van der Waals surface area contributed by atoms with Crippen LogP contribution in [0.15, 0.2) is 4.52 Å². The minimum atomic E-state index is -0.612. The Hall–Kier alpha value is -1.89. The summed E-state index contributed by atoms with van der Waals surface area (Å²) >= 11 is 0. The van der Waals surface area contributed by atoms with Gasteiger partial charge in [-0.05, 0) is 58.8 Å². The van der Waals surface area contributed by atoms with E-state index in [1.54, 1.807) is 0 Å². The molecule has 28 heavy (non-hydrogen) atoms. The number of ether oxygens (including phenoxy) is 2. The Bertz CT molecular complexity index is 658. The molecule has 0 bridgehead atoms. The largest absolute Gasteiger partial charge is 0.460 e. The van der Waals surface area contributed by atoms with Gasteiger partial charge in [0.15, 0.2) is 0 Å². The number of nitrogens with zero attached hydrogens (tertiary/aromatic N) is 1. The third-order valence-electron chi connectivity index (χ3n) is 4.67. The molecule has 0 saturated heterocycles. The normalized spacial score (nSPS) is 15.4. The first kappa shape index (κ1) is 22.4. The van der Waals surface area contributed by atoms with Crippen molar-refractivity contribution in [3.8, 4) is 0 Å². The molecule has 1 heterocycles. The molecule has 2 rings (SSSR count). The number of rotatable bonds is 12. The summed E-state index contributed by atoms with van der Waals surface area (Å²) in [6, 6.07) is 0. The van der Waals surface area contributed by atoms with Crippen molar-refractivity contribution in [3.05, 3.63) is 17.0 Å². The Labute approximate surface area is 167 Å². The van der Waals surface area contributed by atoms with Gasteiger partial charge in [-0.15, -0.1) is 0 Å². The van der Waals surface area contributed by atoms with Crippen LogP contribution in [0.5, 0.6) is 0 Å². The summed E-state index contributed by atoms with van der Waals surface area (Å²) in [7, 11) is 0. The average molecular weight is 395 g/mol. The number of nitrogens with two attached hydrogens (primary N) is 1. The van der Waals surface area contributed by atoms with E-state index in [9.17, 15) is 9.59 Å². The van der Waals surface area contributed by atoms with Crippen LogP contribution in [0.4, 0.5) is 0 Å². The molecule has 1 atom stereocenters. The number of primary amides is 1. The number of hydrogen-bond donors (Lipinski definition) is 1. The molecular formula is C21H34N2O5. The highest BCUT2D eigenvalue weighted by Gasteiger charge is 2.37. The summed E-state index contributed by atoms with van der Waals surface area (Å²) in [5.74, 6) is -0.706. The van der Waals surface area contributed by atoms with Crippen molar-refractivity contribution in [3.63, 3.8) is 0 Å². The summed E-state index contributed by atoms with van der Waals surface area (Å²) < 4.78 is 16.4. The summed E-state index contributed by atoms with van der Waals surface area (Å²) in [6.07, 6.45) is 5.79. The summed E-state index contributed by atoms with van der Waals surface area (Å²) in [6.45, 7) is 9.04. The Morgan fingerprint density at radius 3 is 2.50 bits per heavy atom. The van der Waals surface area contributed by atoms with Crippen LogP contribution in [0.1, 0.15) is 106 Å². The third kappa shape index (κ3) is 6.93. The quantitative estimate of drug-likeness (QED) is 0.423. The van der Waals surface area contributed by atoms with Gasteiger partial charge < -0.3 is 19.7 Å². The maximum Gasteiger partial charge on any atom is 0.306 e. The molecule has 1 aliphatic rings. The van der Waals surface area contributed by atoms with Crippen molar-refractivity contribution in [1.29, 1.82) is 0 Å². The number of hydrogen-bond acceptors (Lipinski definition) is 6. The molecule has 0 unspecified atom stereocenters. The molecule has 158 valence electrons. The van der Waals surface area contributed by atoms with Gasteiger partial charge in [0.05, 0.1) is 12.1 Å². The SMILES string of the molecule is CCCCOCCC[C@@H](CC(=O)OC(C)(C)C)c1noc(C(N)=O)c1C1CC1. The highest BCUT2D eigenvalue weighted by molar-refractivity contribution is 5.92. The van der Waals surface area contributed by atoms with E-state index in [4.69, 9.17) is 19.7 Å². The van der Waals surface area contributed by atoms with E-state index >= 15 is 0 Å². The lowest BCUT2D eigenvalue weighted by Crippen LogP contribution is -2.25. The molecule has 1 aromatic heterocycles. The third-order valence-corrected chi connectivity index (χ3v) is 4.67. The molecule has 1 amide bonds. The maximum atomic E-state index is 12.5. The average Bonchev–Trinajstić information content (AvgIpc) is 3.33. The first-order chi connectivity index (χ1) is 13.2. The van der Waals surface area contributed by atoms with Gasteiger partial charge in [0, 0.05) is 24.7 Å². The van der Waals surface area contributed by atoms with Crippen LogP contribution >= 0.6 is 0 Å². The van der Waals surface area contributed by atoms with Crippen molar-refractivity contribution < 1.29 is 23.6 Å². The van der Waals surface area contributed by atoms with Crippen LogP contribution in [0.25, 0.3) is 0 Å². The Kier molecular flexibility index (Phi) is 8.04. The minimum Gasteiger partial charge on any atom is -0.460 e. The van der Waals surface area contributed by atoms with Crippen molar-refractivity contribution in [2.24, 2.45) is 5.73 Å². The summed E-state index contributed by atoms with van der Waals surface area (Å²) in [4.78, 5) is 24.2. The minimum absolute atomic E-state index is 0.130. The second kappa shape index (κ2) is 10.0. The molecule has 7 nitrogen and oxygen atoms in total. The zero-order valence-corrected chi connectivity index (χ0v) is 17.6. The van der Waals surface area contributed by atoms with Crippen LogP contribution < -0.4 is 5.73 Å². The standard InChI is InChI=1S/C21H34N2O5/c1-5-6-11-26-12-7-8-15(13-16(24)27-21(2,3)4)18-17(14-9-10-14)19(20(22)25)28-23-18/h14-15H,5-13H2,1-4H3,(H2,22,25)/t15-/m0/s1. The van der Waals surface area contributed by atoms with E-state index in [1.165, 1.54) is 0 Å². The van der Waals surface area contributed by atoms with Crippen molar-refractivity contribution in [2.75, 3.05) is 13.2 Å². The van der Waals surface area contributed by atoms with Crippen LogP contribution in [-0.2, 0) is 14.3 Å². The van der Waals surface area contributed by atoms with Gasteiger partial charge in [0.25, 0.3) is 5.91 Å². The van der Waals surface area contributed by atoms with E-state index in [-0.39, 0.29) is 30.0 Å². The van der Waals surface area contributed by atoms with Crippen LogP contribution in [-0.4, -0.2) is 35.8 Å². The predicted octanol–water partition coefficient (Wildman–Crippen LogP) is 4.06. The summed E-state index contributed by atoms with van der Waals surface area (Å²) in [5.41, 5.74) is 6.37. The van der Waals surface area contributed by atoms with E-state index in [2.05, 4.69) is 12.1 Å². The second-order valence-electron chi connectivity index (χ2n) is 8.54. The first-order valence-electron chi connectivity index (χ1n) is 10.3. The molecule has 1 aromatic rings. The highest BCUT2D eigenvalue weighted by Crippen LogP contribution is 2.46. The fraction of sp³-hybridized carbons (Fsp3) is 0.762. The topological polar surface area (TPSA) is 105 Å². The van der Waals surface area contributed by atoms with E-state index in [0.717, 1.165) is 44.3 Å². The molecule has 0 spiro atoms. The van der Waals surface area contributed by atoms with Gasteiger partial charge in [0.1, 0.15) is 5.60 Å². The zero-order chi connectivity index (χ0) is 20.7. The van der Waals surface area contributed by atoms with Crippen LogP contribution in [0.2, 0.25) is 0 Å². The molecule has 1 fully saturated rings. The fourth-order valence-electron chi connectivity index (χ4n) is 3.25. The van der Waals surface area contributed by atoms with E-state index in [0.29, 0.717) is 18.7 Å². The van der Waals surface area contributed by atoms with E-state index < -0.39 is 11.5 Å². The molecular weight excluding hydrogens is 360 g/mol. The maximum absolute atomic E-state index is 12.5. The molecule has 1 saturated carbocycles. The predicted molar refractivity (Wildman–Crippen MR) is 105 cm³/mol. The number of esters is 1. The van der Waals surface area contributed by atoms with Crippen molar-refractivity contribution >= 4 is 11.9 Å². The molecule has 1 aliphatic carbocycles. The highest BCUT2D eigenvalue weighted by atomic mass is 16.6. The second-order valence-corrected chi connectivity index (χ2v) is 8.54. The molecule has 7 heteroatoms. The van der Waals surface area contributed by atoms with Crippen LogP contribution in [0.3, 0.4) is 0 Å². The van der Waals surface area contributed by atoms with Gasteiger partial charge >= 0.3 is 5.97 Å². The summed E-state index contributed by atoms with van der Waals surface area (Å²) in [5, 5.41) is 4.15. The number of unbranched alkanes of at least 4 members (excludes halogenated alkanes) is 1. The Morgan fingerprint density at radius 2 is 1.93 bits per heavy atom. The lowest BCUT2D eigenvalue weighted by atomic mass is 9.90. The van der Waals surface area contributed by atoms with Gasteiger partial charge in [-0.2, -0.15) is 0 Å². The lowest BCUT2D eigenvalue weighted by Gasteiger charge is -2.22. The van der Waals surface area contributed by atoms with Gasteiger partial charge in [-0.1, -0.05) is 18.5 Å². The Balaban J connectivity index is 2.11. The van der Waals surface area contributed by atoms with Crippen molar-refractivity contribution in [2.45, 2.75) is 90.1 Å². The lowest BCUT2D eigenvalue weighted by molar-refractivity contribution is -0.155. The monoisotopic (exact) mass is 394 g/mol. The first-order valence-corrected chi connectivity index (χ1v) is 10.3. The molecule has 0 aromatic carbocycles. The van der Waals surface area contributed by atoms with E-state index in [1.807, 2.05) is 20.8 Å². The number of aromatic nitrogens is 1. The Morgan fingerprint density at radius 1 is 1.25 bits per heavy atom. The number of carbonyl (C=O) groups is 2.